The molecule has 0 unspecified atom stereocenters. The highest BCUT2D eigenvalue weighted by molar-refractivity contribution is 9.10. The molecule has 0 saturated heterocycles. The molecule has 6 nitrogen and oxygen atoms in total. The molecule has 0 atom stereocenters. The molecule has 0 aliphatic rings. The number of H-pyrrole nitrogens is 1. The Morgan fingerprint density at radius 2 is 2.15 bits per heavy atom. The molecule has 108 valence electrons. The van der Waals surface area contributed by atoms with Gasteiger partial charge in [0.05, 0.1) is 29.2 Å². The number of sulfonamides is 1. The van der Waals surface area contributed by atoms with Crippen molar-refractivity contribution in [2.75, 3.05) is 11.8 Å². The van der Waals surface area contributed by atoms with Gasteiger partial charge < -0.3 is 4.74 Å². The van der Waals surface area contributed by atoms with E-state index in [2.05, 4.69) is 30.8 Å². The fraction of sp³-hybridized carbons (Fsp3) is 0.182. The van der Waals surface area contributed by atoms with E-state index >= 15 is 0 Å². The molecule has 9 heteroatoms. The molecule has 0 spiro atoms. The molecular formula is C11H11BrClN3O3S. The Hall–Kier alpha value is -1.25. The van der Waals surface area contributed by atoms with E-state index in [1.54, 1.807) is 13.0 Å². The van der Waals surface area contributed by atoms with Gasteiger partial charge in [-0.3, -0.25) is 9.82 Å². The van der Waals surface area contributed by atoms with Crippen molar-refractivity contribution < 1.29 is 13.2 Å². The zero-order valence-corrected chi connectivity index (χ0v) is 13.7. The lowest BCUT2D eigenvalue weighted by molar-refractivity contribution is 0.414. The number of aryl methyl sites for hydroxylation is 1. The van der Waals surface area contributed by atoms with Gasteiger partial charge in [-0.25, -0.2) is 8.42 Å². The molecule has 2 N–H and O–H groups in total. The van der Waals surface area contributed by atoms with Crippen molar-refractivity contribution in [3.05, 3.63) is 33.5 Å². The first-order valence-corrected chi connectivity index (χ1v) is 8.06. The number of methoxy groups -OCH3 is 1. The van der Waals surface area contributed by atoms with Crippen LogP contribution in [-0.4, -0.2) is 25.7 Å². The lowest BCUT2D eigenvalue weighted by Crippen LogP contribution is -2.14. The van der Waals surface area contributed by atoms with Crippen molar-refractivity contribution in [2.24, 2.45) is 0 Å². The van der Waals surface area contributed by atoms with Gasteiger partial charge in [-0.1, -0.05) is 11.6 Å². The van der Waals surface area contributed by atoms with Crippen LogP contribution in [0, 0.1) is 6.92 Å². The van der Waals surface area contributed by atoms with Gasteiger partial charge in [-0.15, -0.1) is 0 Å². The predicted molar refractivity (Wildman–Crippen MR) is 79.8 cm³/mol. The molecule has 0 saturated carbocycles. The van der Waals surface area contributed by atoms with Crippen LogP contribution < -0.4 is 9.46 Å². The van der Waals surface area contributed by atoms with Crippen LogP contribution in [0.25, 0.3) is 0 Å². The Balaban J connectivity index is 2.47. The Kier molecular flexibility index (Phi) is 4.26. The molecule has 0 amide bonds. The molecule has 20 heavy (non-hydrogen) atoms. The first-order chi connectivity index (χ1) is 9.35. The second kappa shape index (κ2) is 5.63. The Morgan fingerprint density at radius 3 is 2.70 bits per heavy atom. The van der Waals surface area contributed by atoms with Crippen LogP contribution in [-0.2, 0) is 10.0 Å². The van der Waals surface area contributed by atoms with Gasteiger partial charge in [0.15, 0.2) is 5.75 Å². The number of rotatable bonds is 4. The molecule has 0 aliphatic heterocycles. The molecule has 0 fully saturated rings. The van der Waals surface area contributed by atoms with Gasteiger partial charge in [0.1, 0.15) is 4.90 Å². The zero-order chi connectivity index (χ0) is 14.9. The number of hydrogen-bond donors (Lipinski definition) is 2. The molecule has 2 rings (SSSR count). The standard InChI is InChI=1S/C11H11BrClN3O3S/c1-6-10(5-14-15-6)20(17,18)16-9-4-7(13)3-8(12)11(9)19-2/h3-5,16H,1-2H3,(H,14,15). The smallest absolute Gasteiger partial charge is 0.265 e. The number of aromatic nitrogens is 2. The number of halogens is 2. The summed E-state index contributed by atoms with van der Waals surface area (Å²) in [5.74, 6) is 0.346. The average Bonchev–Trinajstić information content (AvgIpc) is 2.75. The van der Waals surface area contributed by atoms with E-state index in [4.69, 9.17) is 16.3 Å². The highest BCUT2D eigenvalue weighted by atomic mass is 79.9. The Labute approximate surface area is 129 Å². The second-order valence-corrected chi connectivity index (χ2v) is 6.87. The predicted octanol–water partition coefficient (Wildman–Crippen LogP) is 2.94. The topological polar surface area (TPSA) is 84.1 Å². The lowest BCUT2D eigenvalue weighted by Gasteiger charge is -2.13. The Morgan fingerprint density at radius 1 is 1.45 bits per heavy atom. The third-order valence-corrected chi connectivity index (χ3v) is 4.82. The van der Waals surface area contributed by atoms with Crippen LogP contribution in [0.1, 0.15) is 5.69 Å². The molecular weight excluding hydrogens is 370 g/mol. The van der Waals surface area contributed by atoms with E-state index < -0.39 is 10.0 Å². The maximum atomic E-state index is 12.3. The van der Waals surface area contributed by atoms with Gasteiger partial charge in [-0.2, -0.15) is 5.10 Å². The van der Waals surface area contributed by atoms with Crippen LogP contribution in [0.15, 0.2) is 27.7 Å². The van der Waals surface area contributed by atoms with Gasteiger partial charge in [0.25, 0.3) is 10.0 Å². The van der Waals surface area contributed by atoms with Crippen LogP contribution >= 0.6 is 27.5 Å². The fourth-order valence-electron chi connectivity index (χ4n) is 1.65. The number of ether oxygens (including phenoxy) is 1. The first-order valence-electron chi connectivity index (χ1n) is 5.41. The Bertz CT molecular complexity index is 745. The van der Waals surface area contributed by atoms with E-state index in [1.807, 2.05) is 0 Å². The summed E-state index contributed by atoms with van der Waals surface area (Å²) in [5, 5.41) is 6.65. The van der Waals surface area contributed by atoms with Crippen molar-refractivity contribution in [1.82, 2.24) is 10.2 Å². The third-order valence-electron chi connectivity index (χ3n) is 2.53. The largest absolute Gasteiger partial charge is 0.493 e. The minimum absolute atomic E-state index is 0.0654. The minimum atomic E-state index is -3.77. The summed E-state index contributed by atoms with van der Waals surface area (Å²) in [6, 6.07) is 3.08. The summed E-state index contributed by atoms with van der Waals surface area (Å²) < 4.78 is 32.7. The molecule has 0 bridgehead atoms. The number of nitrogens with one attached hydrogen (secondary N) is 2. The van der Waals surface area contributed by atoms with Gasteiger partial charge >= 0.3 is 0 Å². The minimum Gasteiger partial charge on any atom is -0.493 e. The summed E-state index contributed by atoms with van der Waals surface area (Å²) >= 11 is 9.19. The van der Waals surface area contributed by atoms with Crippen molar-refractivity contribution in [2.45, 2.75) is 11.8 Å². The van der Waals surface area contributed by atoms with Gasteiger partial charge in [0.2, 0.25) is 0 Å². The van der Waals surface area contributed by atoms with Crippen molar-refractivity contribution in [3.8, 4) is 5.75 Å². The van der Waals surface area contributed by atoms with E-state index in [9.17, 15) is 8.42 Å². The normalized spacial score (nSPS) is 11.4. The molecule has 1 aromatic heterocycles. The first kappa shape index (κ1) is 15.1. The van der Waals surface area contributed by atoms with Crippen LogP contribution in [0.2, 0.25) is 5.02 Å². The van der Waals surface area contributed by atoms with E-state index in [0.29, 0.717) is 20.9 Å². The average molecular weight is 381 g/mol. The van der Waals surface area contributed by atoms with Gasteiger partial charge in [0, 0.05) is 5.02 Å². The molecule has 1 aromatic carbocycles. The quantitative estimate of drug-likeness (QED) is 0.854. The van der Waals surface area contributed by atoms with Crippen molar-refractivity contribution >= 4 is 43.2 Å². The maximum absolute atomic E-state index is 12.3. The summed E-state index contributed by atoms with van der Waals surface area (Å²) in [4.78, 5) is 0.0654. The summed E-state index contributed by atoms with van der Waals surface area (Å²) in [5.41, 5.74) is 0.685. The number of benzene rings is 1. The maximum Gasteiger partial charge on any atom is 0.265 e. The summed E-state index contributed by atoms with van der Waals surface area (Å²) in [7, 11) is -2.33. The zero-order valence-electron chi connectivity index (χ0n) is 10.6. The van der Waals surface area contributed by atoms with E-state index in [0.717, 1.165) is 0 Å². The third kappa shape index (κ3) is 2.92. The van der Waals surface area contributed by atoms with E-state index in [-0.39, 0.29) is 10.6 Å². The monoisotopic (exact) mass is 379 g/mol. The highest BCUT2D eigenvalue weighted by Crippen LogP contribution is 2.37. The lowest BCUT2D eigenvalue weighted by atomic mass is 10.3. The van der Waals surface area contributed by atoms with Crippen molar-refractivity contribution in [1.29, 1.82) is 0 Å². The number of nitrogens with zero attached hydrogens (tertiary/aromatic N) is 1. The molecule has 0 aliphatic carbocycles. The van der Waals surface area contributed by atoms with Crippen LogP contribution in [0.4, 0.5) is 5.69 Å². The molecule has 1 heterocycles. The second-order valence-electron chi connectivity index (χ2n) is 3.93. The molecule has 0 radical (unpaired) electrons. The number of hydrogen-bond acceptors (Lipinski definition) is 4. The SMILES string of the molecule is COc1c(Br)cc(Cl)cc1NS(=O)(=O)c1cn[nH]c1C. The summed E-state index contributed by atoms with van der Waals surface area (Å²) in [6.07, 6.45) is 1.24. The molecule has 2 aromatic rings. The van der Waals surface area contributed by atoms with Crippen LogP contribution in [0.3, 0.4) is 0 Å². The number of anilines is 1. The van der Waals surface area contributed by atoms with Crippen LogP contribution in [0.5, 0.6) is 5.75 Å². The van der Waals surface area contributed by atoms with Crippen molar-refractivity contribution in [3.63, 3.8) is 0 Å². The summed E-state index contributed by atoms with van der Waals surface area (Å²) in [6.45, 7) is 1.62. The highest BCUT2D eigenvalue weighted by Gasteiger charge is 2.21. The fourth-order valence-corrected chi connectivity index (χ4v) is 3.82. The number of aromatic amines is 1. The van der Waals surface area contributed by atoms with Gasteiger partial charge in [-0.05, 0) is 35.0 Å². The van der Waals surface area contributed by atoms with E-state index in [1.165, 1.54) is 19.4 Å².